The smallest absolute Gasteiger partial charge is 0.330 e. The molecule has 0 saturated carbocycles. The normalized spacial score (nSPS) is 11.8. The van der Waals surface area contributed by atoms with E-state index in [2.05, 4.69) is 25.8 Å². The second-order valence-corrected chi connectivity index (χ2v) is 8.42. The fourth-order valence-corrected chi connectivity index (χ4v) is 3.80. The van der Waals surface area contributed by atoms with E-state index in [4.69, 9.17) is 4.42 Å². The number of aromatic nitrogens is 3. The van der Waals surface area contributed by atoms with E-state index in [1.165, 1.54) is 12.3 Å². The van der Waals surface area contributed by atoms with Crippen molar-refractivity contribution in [1.29, 1.82) is 0 Å². The number of amides is 2. The molecule has 2 aromatic heterocycles. The largest absolute Gasteiger partial charge is 0.479 e. The van der Waals surface area contributed by atoms with Gasteiger partial charge in [-0.3, -0.25) is 14.7 Å². The van der Waals surface area contributed by atoms with Crippen LogP contribution < -0.4 is 10.6 Å². The predicted molar refractivity (Wildman–Crippen MR) is 136 cm³/mol. The number of nitrogens with one attached hydrogen (secondary N) is 3. The van der Waals surface area contributed by atoms with E-state index in [0.717, 1.165) is 12.8 Å². The van der Waals surface area contributed by atoms with E-state index >= 15 is 0 Å². The second kappa shape index (κ2) is 11.3. The standard InChI is InChI=1S/C27H27N5O5/c1-3-19(4-2)29-25(34)22-15-28-26(37-22)18-12-8-11-17(13-18)20-14-21(32-31-20)24(33)30-23(27(35)36)16-9-6-5-7-10-16/h5-15,19,23H,3-4H2,1-2H3,(H,29,34)(H,30,33)(H,31,32)(H,35,36)/t23-/m1/s1. The highest BCUT2D eigenvalue weighted by molar-refractivity contribution is 5.96. The molecule has 0 spiro atoms. The highest BCUT2D eigenvalue weighted by atomic mass is 16.4. The van der Waals surface area contributed by atoms with Crippen molar-refractivity contribution in [3.8, 4) is 22.7 Å². The number of carboxylic acids is 1. The van der Waals surface area contributed by atoms with Crippen LogP contribution in [0.2, 0.25) is 0 Å². The van der Waals surface area contributed by atoms with Gasteiger partial charge in [-0.1, -0.05) is 56.3 Å². The molecule has 1 atom stereocenters. The maximum absolute atomic E-state index is 12.7. The fraction of sp³-hybridized carbons (Fsp3) is 0.222. The molecule has 10 nitrogen and oxygen atoms in total. The molecule has 0 unspecified atom stereocenters. The number of hydrogen-bond donors (Lipinski definition) is 4. The molecule has 10 heteroatoms. The SMILES string of the molecule is CCC(CC)NC(=O)c1cnc(-c2cccc(-c3cc(C(=O)N[C@@H](C(=O)O)c4ccccc4)[nH]n3)c2)o1. The van der Waals surface area contributed by atoms with E-state index in [9.17, 15) is 19.5 Å². The van der Waals surface area contributed by atoms with Crippen molar-refractivity contribution in [2.24, 2.45) is 0 Å². The second-order valence-electron chi connectivity index (χ2n) is 8.42. The van der Waals surface area contributed by atoms with Crippen molar-refractivity contribution < 1.29 is 23.9 Å². The molecule has 4 N–H and O–H groups in total. The molecule has 4 aromatic rings. The summed E-state index contributed by atoms with van der Waals surface area (Å²) in [6.45, 7) is 4.01. The van der Waals surface area contributed by atoms with E-state index in [0.29, 0.717) is 22.4 Å². The highest BCUT2D eigenvalue weighted by Gasteiger charge is 2.24. The van der Waals surface area contributed by atoms with Crippen molar-refractivity contribution >= 4 is 17.8 Å². The first kappa shape index (κ1) is 25.4. The summed E-state index contributed by atoms with van der Waals surface area (Å²) < 4.78 is 5.69. The molecule has 0 fully saturated rings. The summed E-state index contributed by atoms with van der Waals surface area (Å²) in [6, 6.07) is 16.0. The molecular formula is C27H27N5O5. The Balaban J connectivity index is 1.49. The minimum Gasteiger partial charge on any atom is -0.479 e. The van der Waals surface area contributed by atoms with Crippen LogP contribution in [0.1, 0.15) is 59.3 Å². The summed E-state index contributed by atoms with van der Waals surface area (Å²) >= 11 is 0. The maximum Gasteiger partial charge on any atom is 0.330 e. The van der Waals surface area contributed by atoms with Crippen molar-refractivity contribution in [2.45, 2.75) is 38.8 Å². The molecule has 0 saturated heterocycles. The van der Waals surface area contributed by atoms with Crippen LogP contribution in [0.3, 0.4) is 0 Å². The van der Waals surface area contributed by atoms with Crippen molar-refractivity contribution in [2.75, 3.05) is 0 Å². The molecule has 190 valence electrons. The average molecular weight is 502 g/mol. The molecule has 0 radical (unpaired) electrons. The number of benzene rings is 2. The summed E-state index contributed by atoms with van der Waals surface area (Å²) in [5.74, 6) is -1.70. The summed E-state index contributed by atoms with van der Waals surface area (Å²) in [4.78, 5) is 41.1. The molecular weight excluding hydrogens is 474 g/mol. The molecule has 2 amide bonds. The summed E-state index contributed by atoms with van der Waals surface area (Å²) in [5.41, 5.74) is 2.33. The van der Waals surface area contributed by atoms with Crippen LogP contribution in [0.15, 0.2) is 71.3 Å². The lowest BCUT2D eigenvalue weighted by Gasteiger charge is -2.14. The third kappa shape index (κ3) is 5.92. The van der Waals surface area contributed by atoms with Gasteiger partial charge in [-0.25, -0.2) is 9.78 Å². The molecule has 0 aliphatic carbocycles. The summed E-state index contributed by atoms with van der Waals surface area (Å²) in [6.07, 6.45) is 3.03. The van der Waals surface area contributed by atoms with Gasteiger partial charge in [0.1, 0.15) is 5.69 Å². The third-order valence-electron chi connectivity index (χ3n) is 5.93. The van der Waals surface area contributed by atoms with Gasteiger partial charge in [-0.2, -0.15) is 5.10 Å². The average Bonchev–Trinajstić information content (AvgIpc) is 3.61. The molecule has 37 heavy (non-hydrogen) atoms. The Hall–Kier alpha value is -4.73. The van der Waals surface area contributed by atoms with Crippen LogP contribution in [0.5, 0.6) is 0 Å². The number of carbonyl (C=O) groups is 3. The number of nitrogens with zero attached hydrogens (tertiary/aromatic N) is 2. The van der Waals surface area contributed by atoms with E-state index in [1.807, 2.05) is 13.8 Å². The summed E-state index contributed by atoms with van der Waals surface area (Å²) in [7, 11) is 0. The molecule has 4 rings (SSSR count). The number of H-pyrrole nitrogens is 1. The van der Waals surface area contributed by atoms with Gasteiger partial charge in [-0.05, 0) is 36.6 Å². The van der Waals surface area contributed by atoms with Gasteiger partial charge in [0.2, 0.25) is 11.7 Å². The van der Waals surface area contributed by atoms with Crippen molar-refractivity contribution in [3.63, 3.8) is 0 Å². The van der Waals surface area contributed by atoms with Crippen LogP contribution in [0.4, 0.5) is 0 Å². The number of hydrogen-bond acceptors (Lipinski definition) is 6. The minimum atomic E-state index is -1.20. The van der Waals surface area contributed by atoms with Gasteiger partial charge in [0.25, 0.3) is 11.8 Å². The molecule has 0 aliphatic heterocycles. The van der Waals surface area contributed by atoms with Crippen molar-refractivity contribution in [1.82, 2.24) is 25.8 Å². The Morgan fingerprint density at radius 2 is 1.68 bits per heavy atom. The van der Waals surface area contributed by atoms with Crippen LogP contribution in [0, 0.1) is 0 Å². The minimum absolute atomic E-state index is 0.0638. The Morgan fingerprint density at radius 3 is 2.38 bits per heavy atom. The lowest BCUT2D eigenvalue weighted by Crippen LogP contribution is -2.33. The van der Waals surface area contributed by atoms with Gasteiger partial charge in [0.05, 0.1) is 11.9 Å². The van der Waals surface area contributed by atoms with Gasteiger partial charge >= 0.3 is 5.97 Å². The first-order chi connectivity index (χ1) is 17.9. The van der Waals surface area contributed by atoms with E-state index in [1.54, 1.807) is 54.6 Å². The Labute approximate surface area is 213 Å². The van der Waals surface area contributed by atoms with Crippen LogP contribution in [-0.4, -0.2) is 44.1 Å². The highest BCUT2D eigenvalue weighted by Crippen LogP contribution is 2.26. The Morgan fingerprint density at radius 1 is 0.946 bits per heavy atom. The van der Waals surface area contributed by atoms with E-state index < -0.39 is 17.9 Å². The lowest BCUT2D eigenvalue weighted by molar-refractivity contribution is -0.139. The van der Waals surface area contributed by atoms with Gasteiger partial charge in [-0.15, -0.1) is 0 Å². The lowest BCUT2D eigenvalue weighted by atomic mass is 10.1. The maximum atomic E-state index is 12.7. The predicted octanol–water partition coefficient (Wildman–Crippen LogP) is 4.21. The molecule has 2 aromatic carbocycles. The topological polar surface area (TPSA) is 150 Å². The number of aromatic amines is 1. The number of oxazole rings is 1. The number of carboxylic acid groups (broad SMARTS) is 1. The first-order valence-corrected chi connectivity index (χ1v) is 11.9. The number of carbonyl (C=O) groups excluding carboxylic acids is 2. The fourth-order valence-electron chi connectivity index (χ4n) is 3.80. The molecule has 0 bridgehead atoms. The Bertz CT molecular complexity index is 1390. The quantitative estimate of drug-likeness (QED) is 0.254. The van der Waals surface area contributed by atoms with Gasteiger partial charge in [0, 0.05) is 17.2 Å². The molecule has 0 aliphatic rings. The zero-order valence-corrected chi connectivity index (χ0v) is 20.4. The molecule has 2 heterocycles. The third-order valence-corrected chi connectivity index (χ3v) is 5.93. The zero-order chi connectivity index (χ0) is 26.4. The summed E-state index contributed by atoms with van der Waals surface area (Å²) in [5, 5.41) is 21.9. The van der Waals surface area contributed by atoms with Gasteiger partial charge < -0.3 is 20.2 Å². The first-order valence-electron chi connectivity index (χ1n) is 11.9. The zero-order valence-electron chi connectivity index (χ0n) is 20.4. The number of rotatable bonds is 10. The van der Waals surface area contributed by atoms with Crippen LogP contribution in [-0.2, 0) is 4.79 Å². The van der Waals surface area contributed by atoms with E-state index in [-0.39, 0.29) is 29.3 Å². The van der Waals surface area contributed by atoms with Crippen LogP contribution >= 0.6 is 0 Å². The monoisotopic (exact) mass is 501 g/mol. The van der Waals surface area contributed by atoms with Crippen molar-refractivity contribution in [3.05, 3.63) is 83.9 Å². The van der Waals surface area contributed by atoms with Crippen LogP contribution in [0.25, 0.3) is 22.7 Å². The number of aliphatic carboxylic acids is 1. The van der Waals surface area contributed by atoms with Gasteiger partial charge in [0.15, 0.2) is 6.04 Å². The Kier molecular flexibility index (Phi) is 7.77.